The number of unbranched alkanes of at least 4 members (excludes halogenated alkanes) is 4. The van der Waals surface area contributed by atoms with Gasteiger partial charge in [0.25, 0.3) is 0 Å². The van der Waals surface area contributed by atoms with Crippen molar-refractivity contribution in [1.82, 2.24) is 0 Å². The van der Waals surface area contributed by atoms with Crippen LogP contribution in [0.15, 0.2) is 11.6 Å². The van der Waals surface area contributed by atoms with E-state index in [2.05, 4.69) is 20.8 Å². The third-order valence-corrected chi connectivity index (χ3v) is 2.61. The minimum atomic E-state index is 0.310. The molecule has 0 aliphatic heterocycles. The molecule has 1 heteroatoms. The van der Waals surface area contributed by atoms with Crippen molar-refractivity contribution in [3.63, 3.8) is 0 Å². The van der Waals surface area contributed by atoms with Crippen molar-refractivity contribution < 1.29 is 4.79 Å². The monoisotopic (exact) mass is 210 g/mol. The van der Waals surface area contributed by atoms with Crippen LogP contribution in [0.3, 0.4) is 0 Å². The number of hydrogen-bond acceptors (Lipinski definition) is 1. The number of hydrogen-bond donors (Lipinski definition) is 0. The Bertz CT molecular complexity index is 192. The first-order valence-corrected chi connectivity index (χ1v) is 6.40. The van der Waals surface area contributed by atoms with E-state index in [0.717, 1.165) is 25.7 Å². The molecule has 0 aromatic rings. The highest BCUT2D eigenvalue weighted by Crippen LogP contribution is 2.10. The lowest BCUT2D eigenvalue weighted by molar-refractivity contribution is -0.114. The van der Waals surface area contributed by atoms with Crippen molar-refractivity contribution in [2.24, 2.45) is 0 Å². The van der Waals surface area contributed by atoms with Crippen LogP contribution in [0.25, 0.3) is 0 Å². The quantitative estimate of drug-likeness (QED) is 0.399. The highest BCUT2D eigenvalue weighted by Gasteiger charge is 1.98. The molecule has 0 atom stereocenters. The molecule has 1 nitrogen and oxygen atoms in total. The van der Waals surface area contributed by atoms with Crippen molar-refractivity contribution in [3.8, 4) is 0 Å². The maximum Gasteiger partial charge on any atom is 0.155 e. The standard InChI is InChI=1S/C14H26O/c1-4-6-8-9-10-13(3)12-14(15)11-7-5-2/h12H,4-11H2,1-3H3/b13-12+. The largest absolute Gasteiger partial charge is 0.295 e. The van der Waals surface area contributed by atoms with Crippen LogP contribution in [-0.2, 0) is 4.79 Å². The summed E-state index contributed by atoms with van der Waals surface area (Å²) in [4.78, 5) is 11.4. The summed E-state index contributed by atoms with van der Waals surface area (Å²) in [6.07, 6.45) is 10.9. The third kappa shape index (κ3) is 9.71. The highest BCUT2D eigenvalue weighted by atomic mass is 16.1. The molecule has 15 heavy (non-hydrogen) atoms. The summed E-state index contributed by atoms with van der Waals surface area (Å²) in [7, 11) is 0. The summed E-state index contributed by atoms with van der Waals surface area (Å²) in [5, 5.41) is 0. The van der Waals surface area contributed by atoms with Crippen LogP contribution < -0.4 is 0 Å². The molecule has 0 saturated carbocycles. The number of rotatable bonds is 9. The minimum absolute atomic E-state index is 0.310. The maximum absolute atomic E-state index is 11.4. The summed E-state index contributed by atoms with van der Waals surface area (Å²) in [5.74, 6) is 0.310. The minimum Gasteiger partial charge on any atom is -0.295 e. The van der Waals surface area contributed by atoms with Gasteiger partial charge in [-0.1, -0.05) is 45.1 Å². The Labute approximate surface area is 95.0 Å². The van der Waals surface area contributed by atoms with Crippen molar-refractivity contribution in [3.05, 3.63) is 11.6 Å². The molecule has 0 amide bonds. The highest BCUT2D eigenvalue weighted by molar-refractivity contribution is 5.90. The van der Waals surface area contributed by atoms with Crippen molar-refractivity contribution in [2.75, 3.05) is 0 Å². The molecule has 0 N–H and O–H groups in total. The molecule has 0 aromatic carbocycles. The lowest BCUT2D eigenvalue weighted by Crippen LogP contribution is -1.94. The summed E-state index contributed by atoms with van der Waals surface area (Å²) in [6.45, 7) is 6.42. The zero-order valence-corrected chi connectivity index (χ0v) is 10.6. The van der Waals surface area contributed by atoms with Gasteiger partial charge >= 0.3 is 0 Å². The summed E-state index contributed by atoms with van der Waals surface area (Å²) >= 11 is 0. The van der Waals surface area contributed by atoms with Gasteiger partial charge < -0.3 is 0 Å². The fourth-order valence-electron chi connectivity index (χ4n) is 1.60. The molecule has 0 bridgehead atoms. The van der Waals surface area contributed by atoms with Crippen LogP contribution >= 0.6 is 0 Å². The van der Waals surface area contributed by atoms with Crippen LogP contribution in [0.5, 0.6) is 0 Å². The number of ketones is 1. The predicted octanol–water partition coefficient (Wildman–Crippen LogP) is 4.66. The zero-order chi connectivity index (χ0) is 11.5. The molecule has 0 spiro atoms. The molecule has 0 rings (SSSR count). The van der Waals surface area contributed by atoms with Crippen LogP contribution in [0, 0.1) is 0 Å². The van der Waals surface area contributed by atoms with Crippen molar-refractivity contribution in [2.45, 2.75) is 72.1 Å². The summed E-state index contributed by atoms with van der Waals surface area (Å²) < 4.78 is 0. The molecule has 88 valence electrons. The normalized spacial score (nSPS) is 11.8. The van der Waals surface area contributed by atoms with Gasteiger partial charge in [0, 0.05) is 6.42 Å². The second-order valence-electron chi connectivity index (χ2n) is 4.37. The second-order valence-corrected chi connectivity index (χ2v) is 4.37. The Hall–Kier alpha value is -0.590. The van der Waals surface area contributed by atoms with Crippen LogP contribution in [0.1, 0.15) is 72.1 Å². The second kappa shape index (κ2) is 9.95. The van der Waals surface area contributed by atoms with E-state index < -0.39 is 0 Å². The Morgan fingerprint density at radius 1 is 0.933 bits per heavy atom. The van der Waals surface area contributed by atoms with E-state index in [4.69, 9.17) is 0 Å². The number of carbonyl (C=O) groups is 1. The smallest absolute Gasteiger partial charge is 0.155 e. The molecule has 0 unspecified atom stereocenters. The molecule has 0 fully saturated rings. The Morgan fingerprint density at radius 3 is 2.20 bits per heavy atom. The number of allylic oxidation sites excluding steroid dienone is 2. The third-order valence-electron chi connectivity index (χ3n) is 2.61. The molecule has 0 heterocycles. The van der Waals surface area contributed by atoms with Crippen molar-refractivity contribution in [1.29, 1.82) is 0 Å². The average Bonchev–Trinajstić information content (AvgIpc) is 2.21. The zero-order valence-electron chi connectivity index (χ0n) is 10.6. The van der Waals surface area contributed by atoms with Gasteiger partial charge in [0.15, 0.2) is 5.78 Å². The van der Waals surface area contributed by atoms with Gasteiger partial charge in [-0.05, 0) is 32.3 Å². The predicted molar refractivity (Wildman–Crippen MR) is 67.0 cm³/mol. The molecule has 0 aliphatic rings. The molecule has 0 aliphatic carbocycles. The average molecular weight is 210 g/mol. The topological polar surface area (TPSA) is 17.1 Å². The summed E-state index contributed by atoms with van der Waals surface area (Å²) in [6, 6.07) is 0. The van der Waals surface area contributed by atoms with Gasteiger partial charge in [0.1, 0.15) is 0 Å². The fraction of sp³-hybridized carbons (Fsp3) is 0.786. The van der Waals surface area contributed by atoms with Gasteiger partial charge in [0.2, 0.25) is 0 Å². The molecular weight excluding hydrogens is 184 g/mol. The van der Waals surface area contributed by atoms with Crippen LogP contribution in [0.2, 0.25) is 0 Å². The maximum atomic E-state index is 11.4. The first-order valence-electron chi connectivity index (χ1n) is 6.40. The molecule has 0 radical (unpaired) electrons. The van der Waals surface area contributed by atoms with E-state index >= 15 is 0 Å². The van der Waals surface area contributed by atoms with E-state index in [1.807, 2.05) is 6.08 Å². The van der Waals surface area contributed by atoms with Gasteiger partial charge in [-0.3, -0.25) is 4.79 Å². The van der Waals surface area contributed by atoms with Gasteiger partial charge in [0.05, 0.1) is 0 Å². The Kier molecular flexibility index (Phi) is 9.55. The van der Waals surface area contributed by atoms with E-state index in [9.17, 15) is 4.79 Å². The van der Waals surface area contributed by atoms with E-state index in [1.165, 1.54) is 31.3 Å². The first kappa shape index (κ1) is 14.4. The van der Waals surface area contributed by atoms with E-state index in [1.54, 1.807) is 0 Å². The van der Waals surface area contributed by atoms with Gasteiger partial charge in [-0.2, -0.15) is 0 Å². The first-order chi connectivity index (χ1) is 7.20. The lowest BCUT2D eigenvalue weighted by Gasteiger charge is -2.01. The van der Waals surface area contributed by atoms with Crippen LogP contribution in [0.4, 0.5) is 0 Å². The molecular formula is C14H26O. The van der Waals surface area contributed by atoms with Gasteiger partial charge in [-0.25, -0.2) is 0 Å². The van der Waals surface area contributed by atoms with Crippen LogP contribution in [-0.4, -0.2) is 5.78 Å². The fourth-order valence-corrected chi connectivity index (χ4v) is 1.60. The van der Waals surface area contributed by atoms with E-state index in [0.29, 0.717) is 5.78 Å². The Balaban J connectivity index is 3.62. The Morgan fingerprint density at radius 2 is 1.60 bits per heavy atom. The molecule has 0 saturated heterocycles. The van der Waals surface area contributed by atoms with Crippen molar-refractivity contribution >= 4 is 5.78 Å². The van der Waals surface area contributed by atoms with E-state index in [-0.39, 0.29) is 0 Å². The number of carbonyl (C=O) groups excluding carboxylic acids is 1. The summed E-state index contributed by atoms with van der Waals surface area (Å²) in [5.41, 5.74) is 1.26. The SMILES string of the molecule is CCCCCC/C(C)=C/C(=O)CCCC. The van der Waals surface area contributed by atoms with Gasteiger partial charge in [-0.15, -0.1) is 0 Å². The lowest BCUT2D eigenvalue weighted by atomic mass is 10.1. The molecule has 0 aromatic heterocycles.